The Morgan fingerprint density at radius 1 is 1.08 bits per heavy atom. The van der Waals surface area contributed by atoms with Gasteiger partial charge in [-0.25, -0.2) is 0 Å². The molecule has 2 nitrogen and oxygen atoms in total. The van der Waals surface area contributed by atoms with E-state index in [-0.39, 0.29) is 11.7 Å². The van der Waals surface area contributed by atoms with Gasteiger partial charge in [-0.2, -0.15) is 0 Å². The molecule has 0 aromatic rings. The van der Waals surface area contributed by atoms with E-state index >= 15 is 0 Å². The summed E-state index contributed by atoms with van der Waals surface area (Å²) in [6.07, 6.45) is 7.73. The molecule has 2 fully saturated rings. The van der Waals surface area contributed by atoms with E-state index in [1.165, 1.54) is 19.3 Å². The van der Waals surface area contributed by atoms with Gasteiger partial charge in [0.25, 0.3) is 0 Å². The summed E-state index contributed by atoms with van der Waals surface area (Å²) in [5.74, 6) is 0. The zero-order chi connectivity index (χ0) is 8.44. The van der Waals surface area contributed by atoms with Crippen LogP contribution in [0.1, 0.15) is 44.9 Å². The van der Waals surface area contributed by atoms with Gasteiger partial charge in [-0.3, -0.25) is 0 Å². The van der Waals surface area contributed by atoms with Crippen molar-refractivity contribution in [3.8, 4) is 0 Å². The van der Waals surface area contributed by atoms with Crippen LogP contribution >= 0.6 is 0 Å². The predicted octanol–water partition coefficient (Wildman–Crippen LogP) is 1.86. The number of hydrogen-bond donors (Lipinski definition) is 1. The van der Waals surface area contributed by atoms with Gasteiger partial charge in [0.1, 0.15) is 0 Å². The largest absolute Gasteiger partial charge is 0.390 e. The van der Waals surface area contributed by atoms with Gasteiger partial charge in [-0.1, -0.05) is 19.3 Å². The second-order valence-electron chi connectivity index (χ2n) is 4.13. The van der Waals surface area contributed by atoms with Crippen LogP contribution in [0.5, 0.6) is 0 Å². The van der Waals surface area contributed by atoms with Crippen molar-refractivity contribution in [2.24, 2.45) is 0 Å². The van der Waals surface area contributed by atoms with Crippen molar-refractivity contribution in [2.75, 3.05) is 6.61 Å². The Morgan fingerprint density at radius 2 is 1.83 bits per heavy atom. The molecule has 1 saturated heterocycles. The molecule has 1 aliphatic carbocycles. The Bertz CT molecular complexity index is 142. The van der Waals surface area contributed by atoms with E-state index in [1.54, 1.807) is 0 Å². The lowest BCUT2D eigenvalue weighted by Crippen LogP contribution is -2.49. The monoisotopic (exact) mass is 170 g/mol. The number of rotatable bonds is 0. The van der Waals surface area contributed by atoms with Crippen molar-refractivity contribution in [1.29, 1.82) is 0 Å². The Labute approximate surface area is 73.9 Å². The van der Waals surface area contributed by atoms with Crippen molar-refractivity contribution in [1.82, 2.24) is 0 Å². The van der Waals surface area contributed by atoms with Crippen LogP contribution < -0.4 is 0 Å². The minimum atomic E-state index is -0.188. The first-order chi connectivity index (χ1) is 5.83. The van der Waals surface area contributed by atoms with Crippen molar-refractivity contribution < 1.29 is 9.84 Å². The smallest absolute Gasteiger partial charge is 0.0940 e. The maximum atomic E-state index is 9.86. The average molecular weight is 170 g/mol. The van der Waals surface area contributed by atoms with Crippen LogP contribution in [0.2, 0.25) is 0 Å². The summed E-state index contributed by atoms with van der Waals surface area (Å²) in [5, 5.41) is 9.86. The lowest BCUT2D eigenvalue weighted by atomic mass is 9.78. The molecule has 2 heteroatoms. The fourth-order valence-corrected chi connectivity index (χ4v) is 2.54. The predicted molar refractivity (Wildman–Crippen MR) is 47.0 cm³/mol. The summed E-state index contributed by atoms with van der Waals surface area (Å²) in [4.78, 5) is 0. The van der Waals surface area contributed by atoms with Crippen LogP contribution in [-0.2, 0) is 4.74 Å². The lowest BCUT2D eigenvalue weighted by Gasteiger charge is -2.43. The van der Waals surface area contributed by atoms with E-state index in [9.17, 15) is 5.11 Å². The number of aliphatic hydroxyl groups is 1. The maximum Gasteiger partial charge on any atom is 0.0940 e. The zero-order valence-corrected chi connectivity index (χ0v) is 7.59. The molecule has 0 aromatic carbocycles. The van der Waals surface area contributed by atoms with Crippen molar-refractivity contribution in [3.63, 3.8) is 0 Å². The molecule has 12 heavy (non-hydrogen) atoms. The van der Waals surface area contributed by atoms with Gasteiger partial charge in [-0.15, -0.1) is 0 Å². The Morgan fingerprint density at radius 3 is 2.50 bits per heavy atom. The average Bonchev–Trinajstić information content (AvgIpc) is 2.12. The van der Waals surface area contributed by atoms with Gasteiger partial charge < -0.3 is 9.84 Å². The van der Waals surface area contributed by atoms with E-state index in [1.807, 2.05) is 0 Å². The highest BCUT2D eigenvalue weighted by molar-refractivity contribution is 4.93. The van der Waals surface area contributed by atoms with E-state index in [0.29, 0.717) is 0 Å². The summed E-state index contributed by atoms with van der Waals surface area (Å²) < 4.78 is 5.77. The zero-order valence-electron chi connectivity index (χ0n) is 7.59. The Balaban J connectivity index is 2.04. The topological polar surface area (TPSA) is 29.5 Å². The van der Waals surface area contributed by atoms with Crippen LogP contribution in [0, 0.1) is 0 Å². The standard InChI is InChI=1S/C10H18O2/c11-9-5-4-8-12-10(9)6-2-1-3-7-10/h9,11H,1-8H2. The summed E-state index contributed by atoms with van der Waals surface area (Å²) in [5.41, 5.74) is -0.128. The molecule has 1 unspecified atom stereocenters. The maximum absolute atomic E-state index is 9.86. The third-order valence-corrected chi connectivity index (χ3v) is 3.32. The van der Waals surface area contributed by atoms with Gasteiger partial charge in [0.15, 0.2) is 0 Å². The van der Waals surface area contributed by atoms with Gasteiger partial charge in [0.05, 0.1) is 11.7 Å². The Hall–Kier alpha value is -0.0800. The fraction of sp³-hybridized carbons (Fsp3) is 1.00. The van der Waals surface area contributed by atoms with E-state index in [4.69, 9.17) is 4.74 Å². The van der Waals surface area contributed by atoms with Crippen molar-refractivity contribution >= 4 is 0 Å². The van der Waals surface area contributed by atoms with Gasteiger partial charge in [0, 0.05) is 6.61 Å². The molecular formula is C10H18O2. The van der Waals surface area contributed by atoms with Crippen LogP contribution in [0.15, 0.2) is 0 Å². The highest BCUT2D eigenvalue weighted by Crippen LogP contribution is 2.38. The van der Waals surface area contributed by atoms with Crippen molar-refractivity contribution in [2.45, 2.75) is 56.7 Å². The minimum absolute atomic E-state index is 0.128. The molecule has 1 N–H and O–H groups in total. The van der Waals surface area contributed by atoms with E-state index < -0.39 is 0 Å². The minimum Gasteiger partial charge on any atom is -0.390 e. The van der Waals surface area contributed by atoms with Gasteiger partial charge in [-0.05, 0) is 25.7 Å². The molecule has 1 aliphatic heterocycles. The second-order valence-corrected chi connectivity index (χ2v) is 4.13. The summed E-state index contributed by atoms with van der Waals surface area (Å²) in [7, 11) is 0. The first kappa shape index (κ1) is 8.52. The number of aliphatic hydroxyl groups excluding tert-OH is 1. The second kappa shape index (κ2) is 3.35. The molecule has 1 heterocycles. The third kappa shape index (κ3) is 1.38. The number of hydrogen-bond acceptors (Lipinski definition) is 2. The molecule has 70 valence electrons. The first-order valence-corrected chi connectivity index (χ1v) is 5.16. The highest BCUT2D eigenvalue weighted by atomic mass is 16.5. The first-order valence-electron chi connectivity index (χ1n) is 5.16. The summed E-state index contributed by atoms with van der Waals surface area (Å²) in [6.45, 7) is 0.858. The highest BCUT2D eigenvalue weighted by Gasteiger charge is 2.41. The molecule has 2 aliphatic rings. The van der Waals surface area contributed by atoms with Crippen LogP contribution in [0.25, 0.3) is 0 Å². The quantitative estimate of drug-likeness (QED) is 0.601. The van der Waals surface area contributed by atoms with Gasteiger partial charge >= 0.3 is 0 Å². The van der Waals surface area contributed by atoms with Crippen LogP contribution in [0.3, 0.4) is 0 Å². The molecule has 1 spiro atoms. The third-order valence-electron chi connectivity index (χ3n) is 3.32. The molecule has 2 rings (SSSR count). The number of ether oxygens (including phenoxy) is 1. The SMILES string of the molecule is OC1CCCOC12CCCCC2. The van der Waals surface area contributed by atoms with E-state index in [2.05, 4.69) is 0 Å². The molecule has 1 saturated carbocycles. The Kier molecular flexibility index (Phi) is 2.37. The molecule has 0 bridgehead atoms. The molecule has 0 amide bonds. The normalized spacial score (nSPS) is 35.2. The summed E-state index contributed by atoms with van der Waals surface area (Å²) in [6, 6.07) is 0. The van der Waals surface area contributed by atoms with Crippen molar-refractivity contribution in [3.05, 3.63) is 0 Å². The molecule has 0 radical (unpaired) electrons. The van der Waals surface area contributed by atoms with Crippen LogP contribution in [0.4, 0.5) is 0 Å². The van der Waals surface area contributed by atoms with Gasteiger partial charge in [0.2, 0.25) is 0 Å². The molecule has 1 atom stereocenters. The van der Waals surface area contributed by atoms with E-state index in [0.717, 1.165) is 32.3 Å². The summed E-state index contributed by atoms with van der Waals surface area (Å²) >= 11 is 0. The fourth-order valence-electron chi connectivity index (χ4n) is 2.54. The van der Waals surface area contributed by atoms with Crippen LogP contribution in [-0.4, -0.2) is 23.4 Å². The lowest BCUT2D eigenvalue weighted by molar-refractivity contribution is -0.169. The molecule has 0 aromatic heterocycles. The molecular weight excluding hydrogens is 152 g/mol.